The van der Waals surface area contributed by atoms with E-state index in [1.54, 1.807) is 0 Å². The topological polar surface area (TPSA) is 80.7 Å². The molecule has 2 heterocycles. The van der Waals surface area contributed by atoms with Crippen molar-refractivity contribution in [3.8, 4) is 11.3 Å². The molecule has 0 radical (unpaired) electrons. The molecular weight excluding hydrogens is 240 g/mol. The van der Waals surface area contributed by atoms with E-state index < -0.39 is 0 Å². The average Bonchev–Trinajstić information content (AvgIpc) is 3.00. The van der Waals surface area contributed by atoms with Gasteiger partial charge in [0.1, 0.15) is 11.3 Å². The van der Waals surface area contributed by atoms with E-state index >= 15 is 0 Å². The van der Waals surface area contributed by atoms with Crippen LogP contribution in [-0.4, -0.2) is 21.5 Å². The Labute approximate surface area is 110 Å². The van der Waals surface area contributed by atoms with Crippen molar-refractivity contribution in [1.29, 1.82) is 0 Å². The lowest BCUT2D eigenvalue weighted by molar-refractivity contribution is 0.561. The summed E-state index contributed by atoms with van der Waals surface area (Å²) in [4.78, 5) is 12.0. The van der Waals surface area contributed by atoms with Gasteiger partial charge in [0.2, 0.25) is 0 Å². The predicted octanol–water partition coefficient (Wildman–Crippen LogP) is 2.42. The Morgan fingerprint density at radius 3 is 3.11 bits per heavy atom. The van der Waals surface area contributed by atoms with Crippen LogP contribution in [-0.2, 0) is 6.42 Å². The largest absolute Gasteiger partial charge is 0.441 e. The SMILES string of the molecule is Cc1nc2cc(-c3cnc(CCCN)[nH]3)ccc2o1. The van der Waals surface area contributed by atoms with Crippen LogP contribution in [0, 0.1) is 6.92 Å². The third kappa shape index (κ3) is 2.37. The van der Waals surface area contributed by atoms with Gasteiger partial charge in [-0.2, -0.15) is 0 Å². The number of nitrogens with zero attached hydrogens (tertiary/aromatic N) is 2. The lowest BCUT2D eigenvalue weighted by Gasteiger charge is -1.97. The van der Waals surface area contributed by atoms with Crippen LogP contribution in [0.1, 0.15) is 18.1 Å². The van der Waals surface area contributed by atoms with Gasteiger partial charge in [-0.3, -0.25) is 0 Å². The molecule has 3 N–H and O–H groups in total. The number of rotatable bonds is 4. The maximum Gasteiger partial charge on any atom is 0.192 e. The number of hydrogen-bond acceptors (Lipinski definition) is 4. The van der Waals surface area contributed by atoms with Crippen molar-refractivity contribution < 1.29 is 4.42 Å². The molecule has 0 saturated carbocycles. The summed E-state index contributed by atoms with van der Waals surface area (Å²) in [6, 6.07) is 5.95. The number of fused-ring (bicyclic) bond motifs is 1. The fraction of sp³-hybridized carbons (Fsp3) is 0.286. The summed E-state index contributed by atoms with van der Waals surface area (Å²) in [6.45, 7) is 2.53. The van der Waals surface area contributed by atoms with Crippen molar-refractivity contribution in [2.45, 2.75) is 19.8 Å². The molecule has 0 atom stereocenters. The number of aromatic nitrogens is 3. The molecule has 2 aromatic heterocycles. The molecule has 3 rings (SSSR count). The number of benzene rings is 1. The molecule has 19 heavy (non-hydrogen) atoms. The van der Waals surface area contributed by atoms with Crippen molar-refractivity contribution in [2.24, 2.45) is 5.73 Å². The number of aryl methyl sites for hydroxylation is 2. The summed E-state index contributed by atoms with van der Waals surface area (Å²) in [6.07, 6.45) is 3.66. The zero-order valence-corrected chi connectivity index (χ0v) is 10.8. The lowest BCUT2D eigenvalue weighted by Crippen LogP contribution is -2.01. The lowest BCUT2D eigenvalue weighted by atomic mass is 10.1. The van der Waals surface area contributed by atoms with Gasteiger partial charge in [-0.05, 0) is 31.2 Å². The first-order valence-electron chi connectivity index (χ1n) is 6.38. The smallest absolute Gasteiger partial charge is 0.192 e. The molecule has 5 heteroatoms. The first-order valence-corrected chi connectivity index (χ1v) is 6.38. The van der Waals surface area contributed by atoms with E-state index in [0.29, 0.717) is 12.4 Å². The van der Waals surface area contributed by atoms with E-state index in [9.17, 15) is 0 Å². The van der Waals surface area contributed by atoms with Gasteiger partial charge < -0.3 is 15.1 Å². The van der Waals surface area contributed by atoms with E-state index in [2.05, 4.69) is 15.0 Å². The fourth-order valence-corrected chi connectivity index (χ4v) is 2.12. The Bertz CT molecular complexity index is 698. The number of nitrogens with two attached hydrogens (primary N) is 1. The Balaban J connectivity index is 1.92. The van der Waals surface area contributed by atoms with Gasteiger partial charge in [-0.1, -0.05) is 0 Å². The van der Waals surface area contributed by atoms with Crippen LogP contribution >= 0.6 is 0 Å². The van der Waals surface area contributed by atoms with E-state index in [-0.39, 0.29) is 0 Å². The number of hydrogen-bond donors (Lipinski definition) is 2. The van der Waals surface area contributed by atoms with Gasteiger partial charge in [-0.25, -0.2) is 9.97 Å². The minimum Gasteiger partial charge on any atom is -0.441 e. The summed E-state index contributed by atoms with van der Waals surface area (Å²) in [5.74, 6) is 1.65. The van der Waals surface area contributed by atoms with E-state index in [1.165, 1.54) is 0 Å². The Hall–Kier alpha value is -2.14. The molecule has 5 nitrogen and oxygen atoms in total. The predicted molar refractivity (Wildman–Crippen MR) is 73.7 cm³/mol. The Morgan fingerprint density at radius 2 is 2.26 bits per heavy atom. The van der Waals surface area contributed by atoms with Crippen LogP contribution in [0.3, 0.4) is 0 Å². The van der Waals surface area contributed by atoms with E-state index in [1.807, 2.05) is 31.3 Å². The van der Waals surface area contributed by atoms with Crippen molar-refractivity contribution in [3.05, 3.63) is 36.1 Å². The van der Waals surface area contributed by atoms with Gasteiger partial charge in [-0.15, -0.1) is 0 Å². The average molecular weight is 256 g/mol. The summed E-state index contributed by atoms with van der Waals surface area (Å²) < 4.78 is 5.47. The summed E-state index contributed by atoms with van der Waals surface area (Å²) in [5.41, 5.74) is 9.23. The first kappa shape index (κ1) is 11.9. The maximum atomic E-state index is 5.50. The van der Waals surface area contributed by atoms with Gasteiger partial charge in [0.25, 0.3) is 0 Å². The zero-order valence-electron chi connectivity index (χ0n) is 10.8. The monoisotopic (exact) mass is 256 g/mol. The minimum absolute atomic E-state index is 0.681. The second-order valence-corrected chi connectivity index (χ2v) is 4.55. The molecule has 0 fully saturated rings. The molecule has 0 saturated heterocycles. The minimum atomic E-state index is 0.681. The number of nitrogens with one attached hydrogen (secondary N) is 1. The summed E-state index contributed by atoms with van der Waals surface area (Å²) in [5, 5.41) is 0. The van der Waals surface area contributed by atoms with Crippen LogP contribution in [0.5, 0.6) is 0 Å². The quantitative estimate of drug-likeness (QED) is 0.751. The van der Waals surface area contributed by atoms with Crippen LogP contribution in [0.25, 0.3) is 22.4 Å². The fourth-order valence-electron chi connectivity index (χ4n) is 2.12. The highest BCUT2D eigenvalue weighted by Crippen LogP contribution is 2.23. The van der Waals surface area contributed by atoms with Crippen LogP contribution in [0.15, 0.2) is 28.8 Å². The number of H-pyrrole nitrogens is 1. The van der Waals surface area contributed by atoms with Gasteiger partial charge in [0.05, 0.1) is 11.9 Å². The Kier molecular flexibility index (Phi) is 3.05. The molecule has 0 aliphatic heterocycles. The molecule has 1 aromatic carbocycles. The molecule has 3 aromatic rings. The Morgan fingerprint density at radius 1 is 1.37 bits per heavy atom. The zero-order chi connectivity index (χ0) is 13.2. The van der Waals surface area contributed by atoms with Gasteiger partial charge in [0.15, 0.2) is 11.5 Å². The van der Waals surface area contributed by atoms with Crippen molar-refractivity contribution in [1.82, 2.24) is 15.0 Å². The van der Waals surface area contributed by atoms with Gasteiger partial charge in [0, 0.05) is 18.9 Å². The summed E-state index contributed by atoms with van der Waals surface area (Å²) in [7, 11) is 0. The highest BCUT2D eigenvalue weighted by Gasteiger charge is 2.07. The van der Waals surface area contributed by atoms with Crippen molar-refractivity contribution in [2.75, 3.05) is 6.54 Å². The van der Waals surface area contributed by atoms with Crippen LogP contribution in [0.4, 0.5) is 0 Å². The van der Waals surface area contributed by atoms with Crippen LogP contribution < -0.4 is 5.73 Å². The van der Waals surface area contributed by atoms with Gasteiger partial charge >= 0.3 is 0 Å². The molecule has 0 aliphatic rings. The van der Waals surface area contributed by atoms with Crippen molar-refractivity contribution >= 4 is 11.1 Å². The highest BCUT2D eigenvalue weighted by molar-refractivity contribution is 5.79. The molecule has 98 valence electrons. The molecule has 0 amide bonds. The normalized spacial score (nSPS) is 11.3. The second kappa shape index (κ2) is 4.85. The van der Waals surface area contributed by atoms with Crippen molar-refractivity contribution in [3.63, 3.8) is 0 Å². The first-order chi connectivity index (χ1) is 9.26. The standard InChI is InChI=1S/C14H16N4O/c1-9-17-11-7-10(4-5-13(11)19-9)12-8-16-14(18-12)3-2-6-15/h4-5,7-8H,2-3,6,15H2,1H3,(H,16,18). The number of aromatic amines is 1. The molecular formula is C14H16N4O. The number of oxazole rings is 1. The molecule has 0 spiro atoms. The van der Waals surface area contributed by atoms with Crippen LogP contribution in [0.2, 0.25) is 0 Å². The number of imidazole rings is 1. The van der Waals surface area contributed by atoms with E-state index in [0.717, 1.165) is 41.0 Å². The summed E-state index contributed by atoms with van der Waals surface area (Å²) >= 11 is 0. The van der Waals surface area contributed by atoms with E-state index in [4.69, 9.17) is 10.2 Å². The third-order valence-corrected chi connectivity index (χ3v) is 3.05. The second-order valence-electron chi connectivity index (χ2n) is 4.55. The third-order valence-electron chi connectivity index (χ3n) is 3.05. The highest BCUT2D eigenvalue weighted by atomic mass is 16.3. The molecule has 0 unspecified atom stereocenters. The molecule has 0 aliphatic carbocycles. The molecule has 0 bridgehead atoms. The maximum absolute atomic E-state index is 5.50.